The van der Waals surface area contributed by atoms with E-state index in [1.165, 1.54) is 0 Å². The van der Waals surface area contributed by atoms with Gasteiger partial charge in [-0.2, -0.15) is 13.2 Å². The molecule has 21 heavy (non-hydrogen) atoms. The van der Waals surface area contributed by atoms with E-state index in [1.807, 2.05) is 6.07 Å². The Labute approximate surface area is 122 Å². The van der Waals surface area contributed by atoms with Crippen molar-refractivity contribution in [1.82, 2.24) is 14.9 Å². The Hall–Kier alpha value is -1.56. The normalized spacial score (nSPS) is 12.5. The molecular weight excluding hydrogens is 279 g/mol. The fourth-order valence-electron chi connectivity index (χ4n) is 2.38. The first-order valence-corrected chi connectivity index (χ1v) is 7.22. The van der Waals surface area contributed by atoms with Crippen molar-refractivity contribution in [2.75, 3.05) is 19.6 Å². The quantitative estimate of drug-likeness (QED) is 0.878. The van der Waals surface area contributed by atoms with Crippen LogP contribution in [-0.4, -0.2) is 34.5 Å². The molecule has 0 atom stereocenters. The van der Waals surface area contributed by atoms with Crippen molar-refractivity contribution in [2.24, 2.45) is 0 Å². The maximum atomic E-state index is 12.6. The Morgan fingerprint density at radius 2 is 1.95 bits per heavy atom. The summed E-state index contributed by atoms with van der Waals surface area (Å²) in [6.45, 7) is 7.19. The van der Waals surface area contributed by atoms with Crippen molar-refractivity contribution >= 4 is 11.0 Å². The molecule has 0 aliphatic rings. The molecule has 0 amide bonds. The van der Waals surface area contributed by atoms with Crippen molar-refractivity contribution in [3.63, 3.8) is 0 Å². The number of aromatic amines is 1. The number of fused-ring (bicyclic) bond motifs is 1. The lowest BCUT2D eigenvalue weighted by atomic mass is 10.1. The number of imidazole rings is 1. The standard InChI is InChI=1S/C15H20F3N3/c1-3-8-21(4-2)9-7-11-5-6-12-13(10-11)20-14(19-12)15(16,17)18/h5-6,10H,3-4,7-9H2,1-2H3,(H,19,20). The van der Waals surface area contributed by atoms with Crippen LogP contribution in [0.5, 0.6) is 0 Å². The Bertz CT molecular complexity index is 589. The minimum Gasteiger partial charge on any atom is -0.334 e. The van der Waals surface area contributed by atoms with E-state index >= 15 is 0 Å². The Morgan fingerprint density at radius 1 is 1.19 bits per heavy atom. The number of likely N-dealkylation sites (N-methyl/N-ethyl adjacent to an activating group) is 1. The van der Waals surface area contributed by atoms with Crippen molar-refractivity contribution in [1.29, 1.82) is 0 Å². The maximum Gasteiger partial charge on any atom is 0.449 e. The highest BCUT2D eigenvalue weighted by Gasteiger charge is 2.34. The third kappa shape index (κ3) is 3.97. The molecule has 0 aliphatic carbocycles. The number of alkyl halides is 3. The van der Waals surface area contributed by atoms with Gasteiger partial charge >= 0.3 is 6.18 Å². The number of hydrogen-bond acceptors (Lipinski definition) is 2. The Balaban J connectivity index is 2.11. The van der Waals surface area contributed by atoms with Gasteiger partial charge in [0, 0.05) is 6.54 Å². The SMILES string of the molecule is CCCN(CC)CCc1ccc2nc(C(F)(F)F)[nH]c2c1. The summed E-state index contributed by atoms with van der Waals surface area (Å²) in [5.41, 5.74) is 1.82. The molecule has 0 saturated carbocycles. The molecule has 1 aromatic carbocycles. The third-order valence-electron chi connectivity index (χ3n) is 3.52. The van der Waals surface area contributed by atoms with Crippen molar-refractivity contribution in [3.8, 4) is 0 Å². The Morgan fingerprint density at radius 3 is 2.57 bits per heavy atom. The van der Waals surface area contributed by atoms with Crippen molar-refractivity contribution in [2.45, 2.75) is 32.9 Å². The highest BCUT2D eigenvalue weighted by Crippen LogP contribution is 2.28. The van der Waals surface area contributed by atoms with E-state index in [2.05, 4.69) is 28.7 Å². The molecule has 2 rings (SSSR count). The van der Waals surface area contributed by atoms with E-state index in [0.29, 0.717) is 11.0 Å². The lowest BCUT2D eigenvalue weighted by Crippen LogP contribution is -2.26. The predicted octanol–water partition coefficient (Wildman–Crippen LogP) is 3.86. The smallest absolute Gasteiger partial charge is 0.334 e. The van der Waals surface area contributed by atoms with E-state index in [9.17, 15) is 13.2 Å². The van der Waals surface area contributed by atoms with E-state index in [-0.39, 0.29) is 0 Å². The van der Waals surface area contributed by atoms with Gasteiger partial charge in [0.1, 0.15) is 0 Å². The van der Waals surface area contributed by atoms with Crippen LogP contribution in [0.15, 0.2) is 18.2 Å². The van der Waals surface area contributed by atoms with Crippen molar-refractivity contribution < 1.29 is 13.2 Å². The predicted molar refractivity (Wildman–Crippen MR) is 77.2 cm³/mol. The highest BCUT2D eigenvalue weighted by atomic mass is 19.4. The van der Waals surface area contributed by atoms with Gasteiger partial charge in [0.05, 0.1) is 11.0 Å². The summed E-state index contributed by atoms with van der Waals surface area (Å²) in [7, 11) is 0. The van der Waals surface area contributed by atoms with Crippen LogP contribution in [0.25, 0.3) is 11.0 Å². The summed E-state index contributed by atoms with van der Waals surface area (Å²) in [5.74, 6) is -0.934. The second kappa shape index (κ2) is 6.47. The van der Waals surface area contributed by atoms with E-state index < -0.39 is 12.0 Å². The zero-order valence-electron chi connectivity index (χ0n) is 12.3. The topological polar surface area (TPSA) is 31.9 Å². The van der Waals surface area contributed by atoms with Crippen LogP contribution >= 0.6 is 0 Å². The summed E-state index contributed by atoms with van der Waals surface area (Å²) in [6.07, 6.45) is -2.51. The van der Waals surface area contributed by atoms with Crippen LogP contribution in [0.4, 0.5) is 13.2 Å². The number of aromatic nitrogens is 2. The van der Waals surface area contributed by atoms with Crippen LogP contribution < -0.4 is 0 Å². The molecule has 0 spiro atoms. The number of nitrogens with zero attached hydrogens (tertiary/aromatic N) is 2. The first-order chi connectivity index (χ1) is 9.94. The number of rotatable bonds is 6. The summed E-state index contributed by atoms with van der Waals surface area (Å²) in [6, 6.07) is 5.26. The number of benzene rings is 1. The molecule has 0 unspecified atom stereocenters. The van der Waals surface area contributed by atoms with Gasteiger partial charge in [0.25, 0.3) is 0 Å². The molecule has 1 heterocycles. The molecule has 1 N–H and O–H groups in total. The van der Waals surface area contributed by atoms with Crippen LogP contribution in [0.1, 0.15) is 31.7 Å². The molecule has 0 bridgehead atoms. The van der Waals surface area contributed by atoms with E-state index in [4.69, 9.17) is 0 Å². The van der Waals surface area contributed by atoms with Gasteiger partial charge in [0.15, 0.2) is 0 Å². The maximum absolute atomic E-state index is 12.6. The van der Waals surface area contributed by atoms with Crippen molar-refractivity contribution in [3.05, 3.63) is 29.6 Å². The monoisotopic (exact) mass is 299 g/mol. The van der Waals surface area contributed by atoms with E-state index in [0.717, 1.165) is 38.0 Å². The molecule has 0 saturated heterocycles. The van der Waals surface area contributed by atoms with Crippen LogP contribution in [0, 0.1) is 0 Å². The molecule has 6 heteroatoms. The van der Waals surface area contributed by atoms with Gasteiger partial charge in [-0.1, -0.05) is 19.9 Å². The first-order valence-electron chi connectivity index (χ1n) is 7.22. The molecule has 0 fully saturated rings. The van der Waals surface area contributed by atoms with E-state index in [1.54, 1.807) is 12.1 Å². The highest BCUT2D eigenvalue weighted by molar-refractivity contribution is 5.76. The fraction of sp³-hybridized carbons (Fsp3) is 0.533. The molecule has 3 nitrogen and oxygen atoms in total. The first kappa shape index (κ1) is 15.8. The molecule has 0 aliphatic heterocycles. The lowest BCUT2D eigenvalue weighted by molar-refractivity contribution is -0.144. The number of hydrogen-bond donors (Lipinski definition) is 1. The average Bonchev–Trinajstić information content (AvgIpc) is 2.86. The number of H-pyrrole nitrogens is 1. The molecule has 2 aromatic rings. The van der Waals surface area contributed by atoms with Gasteiger partial charge < -0.3 is 9.88 Å². The largest absolute Gasteiger partial charge is 0.449 e. The zero-order chi connectivity index (χ0) is 15.5. The van der Waals surface area contributed by atoms with Crippen LogP contribution in [0.2, 0.25) is 0 Å². The molecule has 0 radical (unpaired) electrons. The minimum absolute atomic E-state index is 0.354. The molecule has 1 aromatic heterocycles. The Kier molecular flexibility index (Phi) is 4.88. The lowest BCUT2D eigenvalue weighted by Gasteiger charge is -2.19. The zero-order valence-corrected chi connectivity index (χ0v) is 12.3. The van der Waals surface area contributed by atoms with Gasteiger partial charge in [0.2, 0.25) is 5.82 Å². The van der Waals surface area contributed by atoms with Crippen LogP contribution in [-0.2, 0) is 12.6 Å². The van der Waals surface area contributed by atoms with Gasteiger partial charge in [-0.3, -0.25) is 0 Å². The molecule has 116 valence electrons. The number of nitrogens with one attached hydrogen (secondary N) is 1. The third-order valence-corrected chi connectivity index (χ3v) is 3.52. The minimum atomic E-state index is -4.43. The number of halogens is 3. The van der Waals surface area contributed by atoms with Gasteiger partial charge in [-0.05, 0) is 43.6 Å². The summed E-state index contributed by atoms with van der Waals surface area (Å²) in [5, 5.41) is 0. The summed E-state index contributed by atoms with van der Waals surface area (Å²) >= 11 is 0. The van der Waals surface area contributed by atoms with Gasteiger partial charge in [-0.25, -0.2) is 4.98 Å². The molecular formula is C15H20F3N3. The van der Waals surface area contributed by atoms with Gasteiger partial charge in [-0.15, -0.1) is 0 Å². The second-order valence-corrected chi connectivity index (χ2v) is 5.12. The van der Waals surface area contributed by atoms with Crippen LogP contribution in [0.3, 0.4) is 0 Å². The second-order valence-electron chi connectivity index (χ2n) is 5.12. The summed E-state index contributed by atoms with van der Waals surface area (Å²) in [4.78, 5) is 8.26. The average molecular weight is 299 g/mol. The fourth-order valence-corrected chi connectivity index (χ4v) is 2.38. The summed E-state index contributed by atoms with van der Waals surface area (Å²) < 4.78 is 37.8.